The Morgan fingerprint density at radius 1 is 1.00 bits per heavy atom. The molecule has 1 saturated carbocycles. The fraction of sp³-hybridized carbons (Fsp3) is 0.391. The van der Waals surface area contributed by atoms with Crippen LogP contribution in [0.15, 0.2) is 71.6 Å². The standard InChI is InChI=1S/C23H27NO2S/c1-17-11-13-20(14-12-17)27(25,26)24-16-15-18(2)21-9-6-10-22(21)23(24)19-7-4-3-5-8-19/h3-5,7-8,11-14,21-23H,2,6,9-10,15-16H2,1H3/t21-,22-,23+/m1/s1. The van der Waals surface area contributed by atoms with Crippen LogP contribution in [0.4, 0.5) is 0 Å². The molecule has 0 unspecified atom stereocenters. The van der Waals surface area contributed by atoms with Crippen molar-refractivity contribution in [2.75, 3.05) is 6.54 Å². The highest BCUT2D eigenvalue weighted by molar-refractivity contribution is 7.89. The summed E-state index contributed by atoms with van der Waals surface area (Å²) in [4.78, 5) is 0.385. The second-order valence-corrected chi connectivity index (χ2v) is 9.78. The first-order valence-corrected chi connectivity index (χ1v) is 11.2. The maximum Gasteiger partial charge on any atom is 0.243 e. The molecule has 0 amide bonds. The van der Waals surface area contributed by atoms with Crippen molar-refractivity contribution in [2.24, 2.45) is 11.8 Å². The van der Waals surface area contributed by atoms with Gasteiger partial charge >= 0.3 is 0 Å². The highest BCUT2D eigenvalue weighted by Gasteiger charge is 2.45. The van der Waals surface area contributed by atoms with E-state index < -0.39 is 10.0 Å². The summed E-state index contributed by atoms with van der Waals surface area (Å²) in [5.41, 5.74) is 3.38. The number of aryl methyl sites for hydroxylation is 1. The lowest BCUT2D eigenvalue weighted by atomic mass is 9.82. The smallest absolute Gasteiger partial charge is 0.207 e. The molecule has 2 aromatic rings. The normalized spacial score (nSPS) is 26.6. The monoisotopic (exact) mass is 381 g/mol. The van der Waals surface area contributed by atoms with Gasteiger partial charge in [0.1, 0.15) is 0 Å². The molecule has 0 N–H and O–H groups in total. The summed E-state index contributed by atoms with van der Waals surface area (Å²) in [5, 5.41) is 0. The van der Waals surface area contributed by atoms with Crippen LogP contribution in [0.2, 0.25) is 0 Å². The summed E-state index contributed by atoms with van der Waals surface area (Å²) in [6.07, 6.45) is 4.08. The van der Waals surface area contributed by atoms with Crippen LogP contribution in [0, 0.1) is 18.8 Å². The number of rotatable bonds is 3. The van der Waals surface area contributed by atoms with Crippen LogP contribution in [0.5, 0.6) is 0 Å². The molecule has 142 valence electrons. The SMILES string of the molecule is C=C1CCN(S(=O)(=O)c2ccc(C)cc2)[C@@H](c2ccccc2)[C@@H]2CCC[C@H]12. The fourth-order valence-corrected chi connectivity index (χ4v) is 6.50. The molecule has 1 aliphatic carbocycles. The van der Waals surface area contributed by atoms with Crippen LogP contribution in [0.3, 0.4) is 0 Å². The van der Waals surface area contributed by atoms with Crippen molar-refractivity contribution in [3.05, 3.63) is 77.9 Å². The molecule has 27 heavy (non-hydrogen) atoms. The first-order chi connectivity index (χ1) is 13.0. The Hall–Kier alpha value is -1.91. The number of sulfonamides is 1. The van der Waals surface area contributed by atoms with Crippen molar-refractivity contribution in [2.45, 2.75) is 43.5 Å². The zero-order valence-electron chi connectivity index (χ0n) is 15.8. The second kappa shape index (κ2) is 7.25. The van der Waals surface area contributed by atoms with Gasteiger partial charge in [-0.3, -0.25) is 0 Å². The number of benzene rings is 2. The molecule has 1 heterocycles. The molecule has 4 rings (SSSR count). The second-order valence-electron chi connectivity index (χ2n) is 7.89. The lowest BCUT2D eigenvalue weighted by Gasteiger charge is -2.35. The molecular formula is C23H27NO2S. The maximum absolute atomic E-state index is 13.6. The van der Waals surface area contributed by atoms with Gasteiger partial charge in [-0.15, -0.1) is 0 Å². The molecule has 2 aliphatic rings. The minimum Gasteiger partial charge on any atom is -0.207 e. The maximum atomic E-state index is 13.6. The first-order valence-electron chi connectivity index (χ1n) is 9.79. The van der Waals surface area contributed by atoms with Gasteiger partial charge in [0, 0.05) is 6.54 Å². The summed E-state index contributed by atoms with van der Waals surface area (Å²) in [5.74, 6) is 0.732. The van der Waals surface area contributed by atoms with Crippen LogP contribution >= 0.6 is 0 Å². The lowest BCUT2D eigenvalue weighted by Crippen LogP contribution is -2.38. The summed E-state index contributed by atoms with van der Waals surface area (Å²) in [6, 6.07) is 17.3. The van der Waals surface area contributed by atoms with E-state index in [-0.39, 0.29) is 6.04 Å². The number of hydrogen-bond donors (Lipinski definition) is 0. The number of nitrogens with zero attached hydrogens (tertiary/aromatic N) is 1. The van der Waals surface area contributed by atoms with Crippen molar-refractivity contribution in [1.82, 2.24) is 4.31 Å². The summed E-state index contributed by atoms with van der Waals surface area (Å²) >= 11 is 0. The predicted molar refractivity (Wildman–Crippen MR) is 109 cm³/mol. The van der Waals surface area contributed by atoms with Crippen LogP contribution in [0.1, 0.15) is 42.9 Å². The topological polar surface area (TPSA) is 37.4 Å². The Morgan fingerprint density at radius 3 is 2.41 bits per heavy atom. The third kappa shape index (κ3) is 3.37. The third-order valence-electron chi connectivity index (χ3n) is 6.23. The molecule has 1 aliphatic heterocycles. The van der Waals surface area contributed by atoms with Gasteiger partial charge in [0.05, 0.1) is 10.9 Å². The van der Waals surface area contributed by atoms with Gasteiger partial charge in [-0.2, -0.15) is 4.31 Å². The molecule has 3 atom stereocenters. The first kappa shape index (κ1) is 18.5. The van der Waals surface area contributed by atoms with Crippen molar-refractivity contribution in [3.8, 4) is 0 Å². The summed E-state index contributed by atoms with van der Waals surface area (Å²) in [6.45, 7) is 6.80. The summed E-state index contributed by atoms with van der Waals surface area (Å²) in [7, 11) is -3.57. The van der Waals surface area contributed by atoms with Crippen molar-refractivity contribution >= 4 is 10.0 Å². The molecule has 2 fully saturated rings. The fourth-order valence-electron chi connectivity index (χ4n) is 4.84. The van der Waals surface area contributed by atoms with E-state index in [2.05, 4.69) is 18.7 Å². The highest BCUT2D eigenvalue weighted by Crippen LogP contribution is 2.50. The van der Waals surface area contributed by atoms with Gasteiger partial charge in [0.15, 0.2) is 0 Å². The zero-order chi connectivity index (χ0) is 19.0. The van der Waals surface area contributed by atoms with E-state index in [1.165, 1.54) is 5.57 Å². The number of hydrogen-bond acceptors (Lipinski definition) is 2. The van der Waals surface area contributed by atoms with Crippen LogP contribution < -0.4 is 0 Å². The zero-order valence-corrected chi connectivity index (χ0v) is 16.7. The molecular weight excluding hydrogens is 354 g/mol. The Bertz CT molecular complexity index is 919. The molecule has 3 nitrogen and oxygen atoms in total. The van der Waals surface area contributed by atoms with Gasteiger partial charge in [0.25, 0.3) is 0 Å². The van der Waals surface area contributed by atoms with Gasteiger partial charge in [-0.05, 0) is 55.7 Å². The number of fused-ring (bicyclic) bond motifs is 1. The Kier molecular flexibility index (Phi) is 4.95. The molecule has 2 aromatic carbocycles. The van der Waals surface area contributed by atoms with E-state index in [4.69, 9.17) is 0 Å². The quantitative estimate of drug-likeness (QED) is 0.694. The lowest BCUT2D eigenvalue weighted by molar-refractivity contribution is 0.237. The minimum absolute atomic E-state index is 0.121. The minimum atomic E-state index is -3.57. The average molecular weight is 382 g/mol. The molecule has 0 radical (unpaired) electrons. The largest absolute Gasteiger partial charge is 0.243 e. The van der Waals surface area contributed by atoms with Crippen LogP contribution in [-0.2, 0) is 10.0 Å². The molecule has 1 saturated heterocycles. The molecule has 0 aromatic heterocycles. The third-order valence-corrected chi connectivity index (χ3v) is 8.13. The van der Waals surface area contributed by atoms with Crippen LogP contribution in [0.25, 0.3) is 0 Å². The van der Waals surface area contributed by atoms with E-state index in [0.717, 1.165) is 36.8 Å². The average Bonchev–Trinajstić information content (AvgIpc) is 3.10. The molecule has 0 bridgehead atoms. The van der Waals surface area contributed by atoms with Crippen LogP contribution in [-0.4, -0.2) is 19.3 Å². The van der Waals surface area contributed by atoms with E-state index in [1.54, 1.807) is 16.4 Å². The Morgan fingerprint density at radius 2 is 1.70 bits per heavy atom. The van der Waals surface area contributed by atoms with Gasteiger partial charge in [0.2, 0.25) is 10.0 Å². The van der Waals surface area contributed by atoms with Crippen molar-refractivity contribution in [3.63, 3.8) is 0 Å². The Labute approximate surface area is 162 Å². The Balaban J connectivity index is 1.83. The predicted octanol–water partition coefficient (Wildman–Crippen LogP) is 5.10. The van der Waals surface area contributed by atoms with Crippen molar-refractivity contribution in [1.29, 1.82) is 0 Å². The van der Waals surface area contributed by atoms with Gasteiger partial charge in [-0.25, -0.2) is 8.42 Å². The van der Waals surface area contributed by atoms with Gasteiger partial charge in [-0.1, -0.05) is 66.6 Å². The highest BCUT2D eigenvalue weighted by atomic mass is 32.2. The molecule has 4 heteroatoms. The van der Waals surface area contributed by atoms with Crippen molar-refractivity contribution < 1.29 is 8.42 Å². The van der Waals surface area contributed by atoms with E-state index in [9.17, 15) is 8.42 Å². The van der Waals surface area contributed by atoms with E-state index in [0.29, 0.717) is 23.3 Å². The van der Waals surface area contributed by atoms with E-state index in [1.807, 2.05) is 37.3 Å². The van der Waals surface area contributed by atoms with Gasteiger partial charge < -0.3 is 0 Å². The summed E-state index contributed by atoms with van der Waals surface area (Å²) < 4.78 is 29.0. The van der Waals surface area contributed by atoms with E-state index >= 15 is 0 Å². The molecule has 0 spiro atoms.